The molecule has 3 rings (SSSR count). The van der Waals surface area contributed by atoms with E-state index in [-0.39, 0.29) is 18.0 Å². The largest absolute Gasteiger partial charge is 0.497 e. The second-order valence-electron chi connectivity index (χ2n) is 6.42. The summed E-state index contributed by atoms with van der Waals surface area (Å²) in [4.78, 5) is 16.7. The van der Waals surface area contributed by atoms with Crippen LogP contribution in [0.5, 0.6) is 11.5 Å². The van der Waals surface area contributed by atoms with E-state index in [9.17, 15) is 13.6 Å². The van der Waals surface area contributed by atoms with Crippen molar-refractivity contribution in [3.05, 3.63) is 59.0 Å². The lowest BCUT2D eigenvalue weighted by molar-refractivity contribution is -0.115. The Kier molecular flexibility index (Phi) is 6.96. The molecule has 1 amide bonds. The first-order valence-corrected chi connectivity index (χ1v) is 9.95. The lowest BCUT2D eigenvalue weighted by atomic mass is 10.1. The topological polar surface area (TPSA) is 72.5 Å². The molecule has 0 fully saturated rings. The van der Waals surface area contributed by atoms with Crippen molar-refractivity contribution in [1.82, 2.24) is 10.3 Å². The van der Waals surface area contributed by atoms with Crippen LogP contribution in [0.1, 0.15) is 18.5 Å². The molecule has 30 heavy (non-hydrogen) atoms. The second kappa shape index (κ2) is 9.64. The van der Waals surface area contributed by atoms with Gasteiger partial charge >= 0.3 is 0 Å². The molecule has 2 N–H and O–H groups in total. The van der Waals surface area contributed by atoms with E-state index in [4.69, 9.17) is 9.47 Å². The van der Waals surface area contributed by atoms with Gasteiger partial charge in [-0.15, -0.1) is 11.3 Å². The summed E-state index contributed by atoms with van der Waals surface area (Å²) in [5.74, 6) is -0.360. The van der Waals surface area contributed by atoms with E-state index in [1.165, 1.54) is 23.5 Å². The van der Waals surface area contributed by atoms with Gasteiger partial charge in [-0.1, -0.05) is 6.07 Å². The molecule has 158 valence electrons. The predicted molar refractivity (Wildman–Crippen MR) is 112 cm³/mol. The number of rotatable bonds is 8. The molecule has 0 radical (unpaired) electrons. The Balaban J connectivity index is 1.61. The van der Waals surface area contributed by atoms with Gasteiger partial charge in [0, 0.05) is 34.7 Å². The fourth-order valence-corrected chi connectivity index (χ4v) is 3.56. The highest BCUT2D eigenvalue weighted by atomic mass is 32.1. The molecule has 3 aromatic rings. The summed E-state index contributed by atoms with van der Waals surface area (Å²) in [5.41, 5.74) is 1.71. The number of nitrogens with one attached hydrogen (secondary N) is 2. The standard InChI is InChI=1S/C21H21F2N3O3S/c1-12(15-6-4-13(22)8-17(15)23)24-10-20(27)26-21-25-18(11-30-21)16-7-5-14(28-2)9-19(16)29-3/h4-9,11-12,24H,10H2,1-3H3,(H,25,26,27). The maximum atomic E-state index is 13.8. The number of aromatic nitrogens is 1. The number of benzene rings is 2. The molecule has 0 saturated carbocycles. The zero-order chi connectivity index (χ0) is 21.7. The predicted octanol–water partition coefficient (Wildman–Crippen LogP) is 4.39. The molecule has 1 atom stereocenters. The third-order valence-electron chi connectivity index (χ3n) is 4.43. The molecule has 0 saturated heterocycles. The Hall–Kier alpha value is -3.04. The smallest absolute Gasteiger partial charge is 0.240 e. The van der Waals surface area contributed by atoms with E-state index in [0.29, 0.717) is 22.3 Å². The van der Waals surface area contributed by atoms with Crippen LogP contribution >= 0.6 is 11.3 Å². The third kappa shape index (κ3) is 5.11. The Morgan fingerprint density at radius 3 is 2.67 bits per heavy atom. The first-order chi connectivity index (χ1) is 14.4. The monoisotopic (exact) mass is 433 g/mol. The quantitative estimate of drug-likeness (QED) is 0.551. The Labute approximate surface area is 176 Å². The second-order valence-corrected chi connectivity index (χ2v) is 7.28. The number of thiazole rings is 1. The van der Waals surface area contributed by atoms with Crippen LogP contribution in [0.15, 0.2) is 41.8 Å². The SMILES string of the molecule is COc1ccc(-c2csc(NC(=O)CNC(C)c3ccc(F)cc3F)n2)c(OC)c1. The van der Waals surface area contributed by atoms with Crippen LogP contribution in [-0.4, -0.2) is 31.7 Å². The molecule has 1 unspecified atom stereocenters. The van der Waals surface area contributed by atoms with Crippen LogP contribution in [-0.2, 0) is 4.79 Å². The lowest BCUT2D eigenvalue weighted by Gasteiger charge is -2.14. The molecule has 0 spiro atoms. The average Bonchev–Trinajstić information content (AvgIpc) is 3.19. The zero-order valence-corrected chi connectivity index (χ0v) is 17.5. The number of hydrogen-bond donors (Lipinski definition) is 2. The van der Waals surface area contributed by atoms with Gasteiger partial charge in [0.1, 0.15) is 23.1 Å². The number of methoxy groups -OCH3 is 2. The summed E-state index contributed by atoms with van der Waals surface area (Å²) in [5, 5.41) is 7.86. The van der Waals surface area contributed by atoms with Gasteiger partial charge in [0.2, 0.25) is 5.91 Å². The highest BCUT2D eigenvalue weighted by molar-refractivity contribution is 7.14. The molecular weight excluding hydrogens is 412 g/mol. The Bertz CT molecular complexity index is 1040. The molecule has 0 aliphatic heterocycles. The van der Waals surface area contributed by atoms with Crippen molar-refractivity contribution < 1.29 is 23.0 Å². The summed E-state index contributed by atoms with van der Waals surface area (Å²) in [7, 11) is 3.13. The summed E-state index contributed by atoms with van der Waals surface area (Å²) in [6.45, 7) is 1.64. The minimum absolute atomic E-state index is 0.0568. The number of carbonyl (C=O) groups is 1. The van der Waals surface area contributed by atoms with Gasteiger partial charge < -0.3 is 20.1 Å². The summed E-state index contributed by atoms with van der Waals surface area (Å²) >= 11 is 1.28. The molecular formula is C21H21F2N3O3S. The number of hydrogen-bond acceptors (Lipinski definition) is 6. The van der Waals surface area contributed by atoms with Crippen LogP contribution in [0.4, 0.5) is 13.9 Å². The number of carbonyl (C=O) groups excluding carboxylic acids is 1. The van der Waals surface area contributed by atoms with Crippen LogP contribution < -0.4 is 20.1 Å². The first kappa shape index (κ1) is 21.7. The summed E-state index contributed by atoms with van der Waals surface area (Å²) in [6.07, 6.45) is 0. The number of halogens is 2. The van der Waals surface area contributed by atoms with Crippen LogP contribution in [0, 0.1) is 11.6 Å². The van der Waals surface area contributed by atoms with Gasteiger partial charge in [-0.2, -0.15) is 0 Å². The van der Waals surface area contributed by atoms with Gasteiger partial charge in [0.25, 0.3) is 0 Å². The fourth-order valence-electron chi connectivity index (χ4n) is 2.84. The van der Waals surface area contributed by atoms with E-state index >= 15 is 0 Å². The normalized spacial score (nSPS) is 11.8. The maximum absolute atomic E-state index is 13.8. The van der Waals surface area contributed by atoms with Crippen LogP contribution in [0.25, 0.3) is 11.3 Å². The third-order valence-corrected chi connectivity index (χ3v) is 5.19. The Morgan fingerprint density at radius 1 is 1.17 bits per heavy atom. The number of anilines is 1. The highest BCUT2D eigenvalue weighted by Gasteiger charge is 2.15. The lowest BCUT2D eigenvalue weighted by Crippen LogP contribution is -2.30. The summed E-state index contributed by atoms with van der Waals surface area (Å²) in [6, 6.07) is 8.28. The fraction of sp³-hybridized carbons (Fsp3) is 0.238. The minimum atomic E-state index is -0.659. The molecule has 0 aliphatic carbocycles. The molecule has 1 heterocycles. The van der Waals surface area contributed by atoms with E-state index in [1.54, 1.807) is 33.3 Å². The number of ether oxygens (including phenoxy) is 2. The van der Waals surface area contributed by atoms with E-state index in [1.807, 2.05) is 11.4 Å². The van der Waals surface area contributed by atoms with Crippen molar-refractivity contribution in [2.75, 3.05) is 26.1 Å². The van der Waals surface area contributed by atoms with E-state index in [0.717, 1.165) is 11.6 Å². The first-order valence-electron chi connectivity index (χ1n) is 9.07. The zero-order valence-electron chi connectivity index (χ0n) is 16.7. The van der Waals surface area contributed by atoms with Crippen molar-refractivity contribution in [3.63, 3.8) is 0 Å². The molecule has 6 nitrogen and oxygen atoms in total. The van der Waals surface area contributed by atoms with Gasteiger partial charge in [0.15, 0.2) is 5.13 Å². The molecule has 0 aliphatic rings. The molecule has 0 bridgehead atoms. The minimum Gasteiger partial charge on any atom is -0.497 e. The van der Waals surface area contributed by atoms with Gasteiger partial charge in [-0.05, 0) is 25.1 Å². The van der Waals surface area contributed by atoms with E-state index in [2.05, 4.69) is 15.6 Å². The number of nitrogens with zero attached hydrogens (tertiary/aromatic N) is 1. The highest BCUT2D eigenvalue weighted by Crippen LogP contribution is 2.34. The van der Waals surface area contributed by atoms with Crippen molar-refractivity contribution in [1.29, 1.82) is 0 Å². The van der Waals surface area contributed by atoms with E-state index < -0.39 is 17.7 Å². The van der Waals surface area contributed by atoms with Gasteiger partial charge in [-0.3, -0.25) is 4.79 Å². The van der Waals surface area contributed by atoms with Crippen LogP contribution in [0.3, 0.4) is 0 Å². The molecule has 9 heteroatoms. The van der Waals surface area contributed by atoms with Crippen molar-refractivity contribution >= 4 is 22.4 Å². The van der Waals surface area contributed by atoms with Crippen molar-refractivity contribution in [3.8, 4) is 22.8 Å². The number of amides is 1. The van der Waals surface area contributed by atoms with Crippen molar-refractivity contribution in [2.45, 2.75) is 13.0 Å². The molecule has 1 aromatic heterocycles. The maximum Gasteiger partial charge on any atom is 0.240 e. The molecule has 2 aromatic carbocycles. The van der Waals surface area contributed by atoms with Crippen LogP contribution in [0.2, 0.25) is 0 Å². The van der Waals surface area contributed by atoms with Gasteiger partial charge in [-0.25, -0.2) is 13.8 Å². The average molecular weight is 433 g/mol. The van der Waals surface area contributed by atoms with Crippen molar-refractivity contribution in [2.24, 2.45) is 0 Å². The Morgan fingerprint density at radius 2 is 1.97 bits per heavy atom. The van der Waals surface area contributed by atoms with Gasteiger partial charge in [0.05, 0.1) is 26.5 Å². The summed E-state index contributed by atoms with van der Waals surface area (Å²) < 4.78 is 37.5.